The van der Waals surface area contributed by atoms with Gasteiger partial charge in [0.25, 0.3) is 0 Å². The van der Waals surface area contributed by atoms with Crippen LogP contribution in [0, 0.1) is 0 Å². The van der Waals surface area contributed by atoms with Gasteiger partial charge in [0.15, 0.2) is 0 Å². The summed E-state index contributed by atoms with van der Waals surface area (Å²) in [7, 11) is 0. The van der Waals surface area contributed by atoms with Gasteiger partial charge >= 0.3 is 0 Å². The first-order chi connectivity index (χ1) is 9.22. The SMILES string of the molecule is CCCC(N)c1nc(C2(OCC)CCCCC2)no1. The largest absolute Gasteiger partial charge is 0.367 e. The van der Waals surface area contributed by atoms with Gasteiger partial charge in [-0.2, -0.15) is 4.98 Å². The second-order valence-electron chi connectivity index (χ2n) is 5.34. The van der Waals surface area contributed by atoms with Gasteiger partial charge in [-0.1, -0.05) is 37.8 Å². The first-order valence-electron chi connectivity index (χ1n) is 7.45. The van der Waals surface area contributed by atoms with Crippen LogP contribution in [0.4, 0.5) is 0 Å². The lowest BCUT2D eigenvalue weighted by molar-refractivity contribution is -0.0777. The van der Waals surface area contributed by atoms with Crippen molar-refractivity contribution in [2.45, 2.75) is 70.4 Å². The van der Waals surface area contributed by atoms with E-state index in [0.29, 0.717) is 18.3 Å². The maximum Gasteiger partial charge on any atom is 0.243 e. The number of hydrogen-bond donors (Lipinski definition) is 1. The van der Waals surface area contributed by atoms with Crippen molar-refractivity contribution in [3.63, 3.8) is 0 Å². The summed E-state index contributed by atoms with van der Waals surface area (Å²) in [5, 5.41) is 4.14. The summed E-state index contributed by atoms with van der Waals surface area (Å²) < 4.78 is 11.3. The predicted octanol–water partition coefficient (Wildman–Crippen LogP) is 3.07. The Morgan fingerprint density at radius 3 is 2.68 bits per heavy atom. The molecule has 2 rings (SSSR count). The number of aromatic nitrogens is 2. The third kappa shape index (κ3) is 3.15. The lowest BCUT2D eigenvalue weighted by Crippen LogP contribution is -2.33. The maximum atomic E-state index is 6.03. The van der Waals surface area contributed by atoms with Crippen LogP contribution in [-0.4, -0.2) is 16.7 Å². The van der Waals surface area contributed by atoms with Gasteiger partial charge in [-0.3, -0.25) is 0 Å². The Hall–Kier alpha value is -0.940. The fourth-order valence-corrected chi connectivity index (χ4v) is 2.84. The van der Waals surface area contributed by atoms with E-state index in [4.69, 9.17) is 15.0 Å². The van der Waals surface area contributed by atoms with Gasteiger partial charge in [-0.15, -0.1) is 0 Å². The van der Waals surface area contributed by atoms with Crippen LogP contribution in [0.25, 0.3) is 0 Å². The van der Waals surface area contributed by atoms with Crippen molar-refractivity contribution in [2.75, 3.05) is 6.61 Å². The molecule has 1 saturated carbocycles. The van der Waals surface area contributed by atoms with E-state index in [1.165, 1.54) is 6.42 Å². The van der Waals surface area contributed by atoms with Crippen molar-refractivity contribution in [1.82, 2.24) is 10.1 Å². The molecule has 1 fully saturated rings. The van der Waals surface area contributed by atoms with Crippen LogP contribution in [0.2, 0.25) is 0 Å². The van der Waals surface area contributed by atoms with Gasteiger partial charge in [-0.05, 0) is 26.2 Å². The molecule has 0 spiro atoms. The van der Waals surface area contributed by atoms with Gasteiger partial charge in [0.05, 0.1) is 6.04 Å². The molecule has 0 bridgehead atoms. The van der Waals surface area contributed by atoms with Gasteiger partial charge in [-0.25, -0.2) is 0 Å². The third-order valence-corrected chi connectivity index (χ3v) is 3.85. The van der Waals surface area contributed by atoms with Crippen LogP contribution in [0.1, 0.15) is 76.6 Å². The van der Waals surface area contributed by atoms with Crippen molar-refractivity contribution >= 4 is 0 Å². The van der Waals surface area contributed by atoms with Crippen molar-refractivity contribution in [3.05, 3.63) is 11.7 Å². The van der Waals surface area contributed by atoms with E-state index in [0.717, 1.165) is 38.5 Å². The molecule has 5 nitrogen and oxygen atoms in total. The Morgan fingerprint density at radius 1 is 1.32 bits per heavy atom. The molecule has 0 saturated heterocycles. The minimum absolute atomic E-state index is 0.159. The monoisotopic (exact) mass is 267 g/mol. The highest BCUT2D eigenvalue weighted by Crippen LogP contribution is 2.39. The summed E-state index contributed by atoms with van der Waals surface area (Å²) in [4.78, 5) is 4.52. The molecule has 1 aliphatic rings. The van der Waals surface area contributed by atoms with E-state index in [-0.39, 0.29) is 11.6 Å². The van der Waals surface area contributed by atoms with E-state index in [9.17, 15) is 0 Å². The highest BCUT2D eigenvalue weighted by atomic mass is 16.5. The van der Waals surface area contributed by atoms with Crippen LogP contribution in [0.3, 0.4) is 0 Å². The molecule has 1 aliphatic carbocycles. The lowest BCUT2D eigenvalue weighted by Gasteiger charge is -2.33. The number of rotatable bonds is 6. The maximum absolute atomic E-state index is 6.03. The standard InChI is InChI=1S/C14H25N3O2/c1-3-8-11(15)12-16-13(17-19-12)14(18-4-2)9-6-5-7-10-14/h11H,3-10,15H2,1-2H3. The van der Waals surface area contributed by atoms with E-state index in [2.05, 4.69) is 17.1 Å². The summed E-state index contributed by atoms with van der Waals surface area (Å²) in [5.41, 5.74) is 5.68. The molecule has 0 radical (unpaired) electrons. The molecule has 1 heterocycles. The second kappa shape index (κ2) is 6.48. The summed E-state index contributed by atoms with van der Waals surface area (Å²) in [6.45, 7) is 4.78. The Morgan fingerprint density at radius 2 is 2.05 bits per heavy atom. The average Bonchev–Trinajstić information content (AvgIpc) is 2.91. The van der Waals surface area contributed by atoms with Crippen LogP contribution >= 0.6 is 0 Å². The molecule has 1 atom stereocenters. The molecule has 108 valence electrons. The molecule has 5 heteroatoms. The summed E-state index contributed by atoms with van der Waals surface area (Å²) in [5.74, 6) is 1.23. The zero-order valence-electron chi connectivity index (χ0n) is 12.0. The van der Waals surface area contributed by atoms with E-state index >= 15 is 0 Å². The molecular weight excluding hydrogens is 242 g/mol. The van der Waals surface area contributed by atoms with E-state index in [1.54, 1.807) is 0 Å². The predicted molar refractivity (Wildman–Crippen MR) is 72.5 cm³/mol. The van der Waals surface area contributed by atoms with Crippen LogP contribution in [-0.2, 0) is 10.3 Å². The number of ether oxygens (including phenoxy) is 1. The second-order valence-corrected chi connectivity index (χ2v) is 5.34. The van der Waals surface area contributed by atoms with Crippen LogP contribution < -0.4 is 5.73 Å². The number of nitrogens with two attached hydrogens (primary N) is 1. The topological polar surface area (TPSA) is 74.2 Å². The first kappa shape index (κ1) is 14.5. The third-order valence-electron chi connectivity index (χ3n) is 3.85. The molecule has 1 aromatic rings. The van der Waals surface area contributed by atoms with E-state index < -0.39 is 0 Å². The van der Waals surface area contributed by atoms with Gasteiger partial charge in [0.2, 0.25) is 11.7 Å². The summed E-state index contributed by atoms with van der Waals surface area (Å²) in [6, 6.07) is -0.159. The molecule has 0 amide bonds. The van der Waals surface area contributed by atoms with Gasteiger partial charge < -0.3 is 15.0 Å². The van der Waals surface area contributed by atoms with Crippen molar-refractivity contribution in [1.29, 1.82) is 0 Å². The molecule has 1 unspecified atom stereocenters. The number of nitrogens with zero attached hydrogens (tertiary/aromatic N) is 2. The van der Waals surface area contributed by atoms with Gasteiger partial charge in [0, 0.05) is 6.61 Å². The molecular formula is C14H25N3O2. The van der Waals surface area contributed by atoms with Crippen molar-refractivity contribution in [2.24, 2.45) is 5.73 Å². The zero-order valence-corrected chi connectivity index (χ0v) is 12.0. The zero-order chi connectivity index (χ0) is 13.7. The molecule has 2 N–H and O–H groups in total. The fraction of sp³-hybridized carbons (Fsp3) is 0.857. The quantitative estimate of drug-likeness (QED) is 0.857. The minimum atomic E-state index is -0.347. The average molecular weight is 267 g/mol. The van der Waals surface area contributed by atoms with E-state index in [1.807, 2.05) is 6.92 Å². The molecule has 0 aliphatic heterocycles. The van der Waals surface area contributed by atoms with Crippen molar-refractivity contribution < 1.29 is 9.26 Å². The fourth-order valence-electron chi connectivity index (χ4n) is 2.84. The highest BCUT2D eigenvalue weighted by Gasteiger charge is 2.39. The molecule has 19 heavy (non-hydrogen) atoms. The Kier molecular flexibility index (Phi) is 4.93. The van der Waals surface area contributed by atoms with Gasteiger partial charge in [0.1, 0.15) is 5.60 Å². The summed E-state index contributed by atoms with van der Waals surface area (Å²) >= 11 is 0. The van der Waals surface area contributed by atoms with Crippen LogP contribution in [0.15, 0.2) is 4.52 Å². The normalized spacial score (nSPS) is 20.4. The Balaban J connectivity index is 2.18. The van der Waals surface area contributed by atoms with Crippen molar-refractivity contribution in [3.8, 4) is 0 Å². The highest BCUT2D eigenvalue weighted by molar-refractivity contribution is 5.04. The molecule has 0 aromatic carbocycles. The lowest BCUT2D eigenvalue weighted by atomic mass is 9.84. The number of hydrogen-bond acceptors (Lipinski definition) is 5. The Bertz CT molecular complexity index is 380. The Labute approximate surface area is 114 Å². The first-order valence-corrected chi connectivity index (χ1v) is 7.45. The smallest absolute Gasteiger partial charge is 0.243 e. The minimum Gasteiger partial charge on any atom is -0.367 e. The van der Waals surface area contributed by atoms with Crippen LogP contribution in [0.5, 0.6) is 0 Å². The summed E-state index contributed by atoms with van der Waals surface area (Å²) in [6.07, 6.45) is 7.40. The molecule has 1 aromatic heterocycles.